The van der Waals surface area contributed by atoms with Gasteiger partial charge in [-0.25, -0.2) is 14.5 Å². The molecule has 0 amide bonds. The summed E-state index contributed by atoms with van der Waals surface area (Å²) < 4.78 is 8.59. The van der Waals surface area contributed by atoms with E-state index in [1.54, 1.807) is 4.68 Å². The third kappa shape index (κ3) is 2.66. The van der Waals surface area contributed by atoms with Gasteiger partial charge in [-0.1, -0.05) is 5.21 Å². The SMILES string of the molecule is COC(=O)c1nnn(Cc2cncn2C2CC2)c1CCN. The number of imidazole rings is 1. The summed E-state index contributed by atoms with van der Waals surface area (Å²) in [5.74, 6) is -0.486. The predicted molar refractivity (Wildman–Crippen MR) is 73.7 cm³/mol. The molecule has 0 radical (unpaired) electrons. The monoisotopic (exact) mass is 290 g/mol. The minimum Gasteiger partial charge on any atom is -0.464 e. The number of aromatic nitrogens is 5. The Morgan fingerprint density at radius 1 is 1.52 bits per heavy atom. The van der Waals surface area contributed by atoms with Gasteiger partial charge in [-0.3, -0.25) is 0 Å². The van der Waals surface area contributed by atoms with Crippen LogP contribution in [0.2, 0.25) is 0 Å². The first-order chi connectivity index (χ1) is 10.2. The zero-order chi connectivity index (χ0) is 14.8. The van der Waals surface area contributed by atoms with E-state index in [1.807, 2.05) is 12.5 Å². The smallest absolute Gasteiger partial charge is 0.360 e. The minimum atomic E-state index is -0.486. The third-order valence-corrected chi connectivity index (χ3v) is 3.60. The maximum Gasteiger partial charge on any atom is 0.360 e. The van der Waals surface area contributed by atoms with Crippen molar-refractivity contribution in [1.29, 1.82) is 0 Å². The largest absolute Gasteiger partial charge is 0.464 e. The summed E-state index contributed by atoms with van der Waals surface area (Å²) in [6, 6.07) is 0.545. The van der Waals surface area contributed by atoms with Crippen LogP contribution in [-0.4, -0.2) is 44.2 Å². The first kappa shape index (κ1) is 13.7. The number of ether oxygens (including phenoxy) is 1. The Hall–Kier alpha value is -2.22. The van der Waals surface area contributed by atoms with Crippen LogP contribution in [0.1, 0.15) is 40.8 Å². The number of carbonyl (C=O) groups excluding carboxylic acids is 1. The van der Waals surface area contributed by atoms with Gasteiger partial charge in [-0.2, -0.15) is 0 Å². The predicted octanol–water partition coefficient (Wildman–Crippen LogP) is 0.146. The number of nitrogens with zero attached hydrogens (tertiary/aromatic N) is 5. The molecule has 8 heteroatoms. The van der Waals surface area contributed by atoms with Crippen LogP contribution in [0.5, 0.6) is 0 Å². The van der Waals surface area contributed by atoms with Crippen LogP contribution >= 0.6 is 0 Å². The van der Waals surface area contributed by atoms with Gasteiger partial charge >= 0.3 is 5.97 Å². The first-order valence-electron chi connectivity index (χ1n) is 6.96. The molecule has 2 N–H and O–H groups in total. The molecule has 1 saturated carbocycles. The average molecular weight is 290 g/mol. The van der Waals surface area contributed by atoms with E-state index in [0.29, 0.717) is 31.2 Å². The van der Waals surface area contributed by atoms with Crippen molar-refractivity contribution < 1.29 is 9.53 Å². The van der Waals surface area contributed by atoms with Gasteiger partial charge in [-0.05, 0) is 19.4 Å². The lowest BCUT2D eigenvalue weighted by Gasteiger charge is -2.09. The Balaban J connectivity index is 1.89. The van der Waals surface area contributed by atoms with Crippen LogP contribution in [-0.2, 0) is 17.7 Å². The highest BCUT2D eigenvalue weighted by atomic mass is 16.5. The van der Waals surface area contributed by atoms with Crippen molar-refractivity contribution in [3.63, 3.8) is 0 Å². The summed E-state index contributed by atoms with van der Waals surface area (Å²) in [7, 11) is 1.33. The van der Waals surface area contributed by atoms with E-state index < -0.39 is 5.97 Å². The summed E-state index contributed by atoms with van der Waals surface area (Å²) in [4.78, 5) is 15.9. The molecule has 2 aromatic heterocycles. The van der Waals surface area contributed by atoms with E-state index in [1.165, 1.54) is 20.0 Å². The second kappa shape index (κ2) is 5.65. The van der Waals surface area contributed by atoms with E-state index in [9.17, 15) is 4.79 Å². The molecule has 112 valence electrons. The van der Waals surface area contributed by atoms with Crippen molar-refractivity contribution in [2.45, 2.75) is 31.8 Å². The van der Waals surface area contributed by atoms with Gasteiger partial charge in [0.05, 0.1) is 37.6 Å². The second-order valence-electron chi connectivity index (χ2n) is 5.10. The molecule has 2 heterocycles. The number of hydrogen-bond donors (Lipinski definition) is 1. The molecule has 1 aliphatic rings. The molecule has 0 saturated heterocycles. The molecule has 8 nitrogen and oxygen atoms in total. The molecule has 2 aromatic rings. The highest BCUT2D eigenvalue weighted by molar-refractivity contribution is 5.88. The Kier molecular flexibility index (Phi) is 3.70. The second-order valence-corrected chi connectivity index (χ2v) is 5.10. The molecule has 21 heavy (non-hydrogen) atoms. The number of nitrogens with two attached hydrogens (primary N) is 1. The molecule has 1 aliphatic carbocycles. The summed E-state index contributed by atoms with van der Waals surface area (Å²) >= 11 is 0. The third-order valence-electron chi connectivity index (χ3n) is 3.60. The van der Waals surface area contributed by atoms with Gasteiger partial charge < -0.3 is 15.0 Å². The van der Waals surface area contributed by atoms with Crippen LogP contribution in [0.4, 0.5) is 0 Å². The molecule has 3 rings (SSSR count). The van der Waals surface area contributed by atoms with Crippen LogP contribution in [0.25, 0.3) is 0 Å². The normalized spacial score (nSPS) is 14.4. The summed E-state index contributed by atoms with van der Waals surface area (Å²) in [5.41, 5.74) is 7.61. The lowest BCUT2D eigenvalue weighted by Crippen LogP contribution is -2.16. The average Bonchev–Trinajstić information content (AvgIpc) is 3.11. The lowest BCUT2D eigenvalue weighted by atomic mass is 10.2. The maximum absolute atomic E-state index is 11.7. The maximum atomic E-state index is 11.7. The van der Waals surface area contributed by atoms with Crippen LogP contribution in [0.3, 0.4) is 0 Å². The van der Waals surface area contributed by atoms with Gasteiger partial charge in [0.15, 0.2) is 5.69 Å². The molecule has 0 aromatic carbocycles. The molecule has 0 unspecified atom stereocenters. The van der Waals surface area contributed by atoms with Crippen LogP contribution in [0, 0.1) is 0 Å². The molecule has 0 aliphatic heterocycles. The van der Waals surface area contributed by atoms with Gasteiger partial charge in [0.25, 0.3) is 0 Å². The summed E-state index contributed by atoms with van der Waals surface area (Å²) in [5, 5.41) is 8.00. The topological polar surface area (TPSA) is 101 Å². The molecule has 1 fully saturated rings. The number of rotatable bonds is 6. The summed E-state index contributed by atoms with van der Waals surface area (Å²) in [6.07, 6.45) is 6.56. The van der Waals surface area contributed by atoms with E-state index in [0.717, 1.165) is 5.69 Å². The molecule has 0 atom stereocenters. The van der Waals surface area contributed by atoms with Crippen molar-refractivity contribution in [3.05, 3.63) is 29.6 Å². The van der Waals surface area contributed by atoms with Gasteiger partial charge in [0.2, 0.25) is 0 Å². The Bertz CT molecular complexity index is 643. The van der Waals surface area contributed by atoms with E-state index in [-0.39, 0.29) is 5.69 Å². The van der Waals surface area contributed by atoms with E-state index in [4.69, 9.17) is 10.5 Å². The zero-order valence-electron chi connectivity index (χ0n) is 11.9. The van der Waals surface area contributed by atoms with Gasteiger partial charge in [0, 0.05) is 12.5 Å². The minimum absolute atomic E-state index is 0.237. The fraction of sp³-hybridized carbons (Fsp3) is 0.538. The van der Waals surface area contributed by atoms with Crippen molar-refractivity contribution in [1.82, 2.24) is 24.5 Å². The van der Waals surface area contributed by atoms with Crippen LogP contribution in [0.15, 0.2) is 12.5 Å². The molecule has 0 spiro atoms. The standard InChI is InChI=1S/C13H18N6O2/c1-21-13(20)12-11(4-5-14)19(17-16-12)7-10-6-15-8-18(10)9-2-3-9/h6,8-9H,2-5,7,14H2,1H3. The highest BCUT2D eigenvalue weighted by Gasteiger charge is 2.26. The van der Waals surface area contributed by atoms with E-state index in [2.05, 4.69) is 19.9 Å². The van der Waals surface area contributed by atoms with Gasteiger partial charge in [0.1, 0.15) is 0 Å². The van der Waals surface area contributed by atoms with Crippen molar-refractivity contribution >= 4 is 5.97 Å². The summed E-state index contributed by atoms with van der Waals surface area (Å²) in [6.45, 7) is 0.940. The Morgan fingerprint density at radius 3 is 3.00 bits per heavy atom. The number of esters is 1. The molecular formula is C13H18N6O2. The Morgan fingerprint density at radius 2 is 2.33 bits per heavy atom. The van der Waals surface area contributed by atoms with Gasteiger partial charge in [-0.15, -0.1) is 5.10 Å². The van der Waals surface area contributed by atoms with Crippen LogP contribution < -0.4 is 5.73 Å². The quantitative estimate of drug-likeness (QED) is 0.760. The number of hydrogen-bond acceptors (Lipinski definition) is 6. The van der Waals surface area contributed by atoms with Crippen molar-refractivity contribution in [2.75, 3.05) is 13.7 Å². The number of carbonyl (C=O) groups is 1. The first-order valence-corrected chi connectivity index (χ1v) is 6.96. The molecular weight excluding hydrogens is 272 g/mol. The van der Waals surface area contributed by atoms with E-state index >= 15 is 0 Å². The fourth-order valence-corrected chi connectivity index (χ4v) is 2.39. The van der Waals surface area contributed by atoms with Crippen molar-refractivity contribution in [2.24, 2.45) is 5.73 Å². The Labute approximate surface area is 121 Å². The lowest BCUT2D eigenvalue weighted by molar-refractivity contribution is 0.0592. The fourth-order valence-electron chi connectivity index (χ4n) is 2.39. The molecule has 0 bridgehead atoms. The number of methoxy groups -OCH3 is 1. The van der Waals surface area contributed by atoms with Crippen molar-refractivity contribution in [3.8, 4) is 0 Å². The highest BCUT2D eigenvalue weighted by Crippen LogP contribution is 2.35. The zero-order valence-corrected chi connectivity index (χ0v) is 11.9.